The van der Waals surface area contributed by atoms with E-state index in [1.54, 1.807) is 29.4 Å². The van der Waals surface area contributed by atoms with Gasteiger partial charge in [0.25, 0.3) is 0 Å². The molecule has 2 aromatic rings. The molecule has 2 amide bonds. The molecule has 3 rings (SSSR count). The molecule has 1 aliphatic rings. The molecule has 1 N–H and O–H groups in total. The molecular formula is C19H21N3O3S. The summed E-state index contributed by atoms with van der Waals surface area (Å²) in [5, 5.41) is 5.84. The van der Waals surface area contributed by atoms with E-state index in [2.05, 4.69) is 10.3 Å². The number of aromatic nitrogens is 1. The highest BCUT2D eigenvalue weighted by Gasteiger charge is 2.27. The van der Waals surface area contributed by atoms with Crippen LogP contribution >= 0.6 is 11.3 Å². The standard InChI is InChI=1S/C19H21N3O3S/c1-13-20-16(12-26-13)11-25-17-5-3-4-14(8-17)6-7-18(23)21-15-9-19(24)22(2)10-15/h3-8,12,15H,9-11H2,1-2H3,(H,21,23)/b7-6-/t15-/m1/s1. The van der Waals surface area contributed by atoms with Crippen molar-refractivity contribution in [1.82, 2.24) is 15.2 Å². The largest absolute Gasteiger partial charge is 0.487 e. The molecule has 1 aliphatic heterocycles. The van der Waals surface area contributed by atoms with Crippen molar-refractivity contribution in [3.63, 3.8) is 0 Å². The van der Waals surface area contributed by atoms with Crippen LogP contribution in [-0.4, -0.2) is 41.3 Å². The number of hydrogen-bond donors (Lipinski definition) is 1. The number of ether oxygens (including phenoxy) is 1. The second-order valence-corrected chi connectivity index (χ2v) is 7.30. The second-order valence-electron chi connectivity index (χ2n) is 6.24. The van der Waals surface area contributed by atoms with Gasteiger partial charge in [0, 0.05) is 31.5 Å². The molecule has 0 bridgehead atoms. The fourth-order valence-electron chi connectivity index (χ4n) is 2.72. The van der Waals surface area contributed by atoms with E-state index in [-0.39, 0.29) is 17.9 Å². The Balaban J connectivity index is 1.53. The van der Waals surface area contributed by atoms with E-state index >= 15 is 0 Å². The minimum absolute atomic E-state index is 0.0550. The van der Waals surface area contributed by atoms with Crippen LogP contribution in [0.4, 0.5) is 0 Å². The third kappa shape index (κ3) is 4.92. The van der Waals surface area contributed by atoms with Crippen LogP contribution < -0.4 is 10.1 Å². The first kappa shape index (κ1) is 18.1. The highest BCUT2D eigenvalue weighted by atomic mass is 32.1. The molecule has 1 aromatic carbocycles. The number of benzene rings is 1. The lowest BCUT2D eigenvalue weighted by atomic mass is 10.2. The number of hydrogen-bond acceptors (Lipinski definition) is 5. The van der Waals surface area contributed by atoms with Crippen molar-refractivity contribution >= 4 is 29.2 Å². The number of likely N-dealkylation sites (tertiary alicyclic amines) is 1. The van der Waals surface area contributed by atoms with Crippen LogP contribution in [0.2, 0.25) is 0 Å². The van der Waals surface area contributed by atoms with Crippen LogP contribution in [-0.2, 0) is 16.2 Å². The average Bonchev–Trinajstić information content (AvgIpc) is 3.17. The Hall–Kier alpha value is -2.67. The average molecular weight is 371 g/mol. The number of nitrogens with zero attached hydrogens (tertiary/aromatic N) is 2. The van der Waals surface area contributed by atoms with Gasteiger partial charge in [0.05, 0.1) is 16.7 Å². The zero-order valence-corrected chi connectivity index (χ0v) is 15.6. The van der Waals surface area contributed by atoms with Gasteiger partial charge < -0.3 is 15.0 Å². The summed E-state index contributed by atoms with van der Waals surface area (Å²) in [6.45, 7) is 2.93. The van der Waals surface area contributed by atoms with E-state index in [4.69, 9.17) is 4.74 Å². The summed E-state index contributed by atoms with van der Waals surface area (Å²) in [5.74, 6) is 0.572. The topological polar surface area (TPSA) is 71.5 Å². The molecule has 1 saturated heterocycles. The number of carbonyl (C=O) groups is 2. The number of rotatable bonds is 6. The third-order valence-corrected chi connectivity index (χ3v) is 4.85. The molecule has 1 atom stereocenters. The summed E-state index contributed by atoms with van der Waals surface area (Å²) in [7, 11) is 1.74. The maximum absolute atomic E-state index is 12.0. The van der Waals surface area contributed by atoms with Crippen LogP contribution in [0.25, 0.3) is 6.08 Å². The van der Waals surface area contributed by atoms with E-state index in [0.29, 0.717) is 19.6 Å². The molecule has 0 radical (unpaired) electrons. The maximum atomic E-state index is 12.0. The lowest BCUT2D eigenvalue weighted by molar-refractivity contribution is -0.126. The zero-order chi connectivity index (χ0) is 18.5. The van der Waals surface area contributed by atoms with Gasteiger partial charge in [-0.2, -0.15) is 0 Å². The first-order valence-corrected chi connectivity index (χ1v) is 9.24. The Kier molecular flexibility index (Phi) is 5.68. The van der Waals surface area contributed by atoms with Crippen LogP contribution in [0.1, 0.15) is 22.7 Å². The number of carbonyl (C=O) groups excluding carboxylic acids is 2. The first-order valence-electron chi connectivity index (χ1n) is 8.36. The second kappa shape index (κ2) is 8.14. The molecule has 7 heteroatoms. The molecule has 2 heterocycles. The van der Waals surface area contributed by atoms with Gasteiger partial charge in [-0.1, -0.05) is 12.1 Å². The summed E-state index contributed by atoms with van der Waals surface area (Å²) < 4.78 is 5.75. The molecule has 0 unspecified atom stereocenters. The predicted octanol–water partition coefficient (Wildman–Crippen LogP) is 2.39. The van der Waals surface area contributed by atoms with Crippen molar-refractivity contribution in [2.45, 2.75) is 26.0 Å². The Labute approximate surface area is 156 Å². The zero-order valence-electron chi connectivity index (χ0n) is 14.8. The molecule has 6 nitrogen and oxygen atoms in total. The van der Waals surface area contributed by atoms with Gasteiger partial charge in [-0.05, 0) is 30.7 Å². The van der Waals surface area contributed by atoms with Crippen molar-refractivity contribution in [3.8, 4) is 5.75 Å². The predicted molar refractivity (Wildman–Crippen MR) is 101 cm³/mol. The fourth-order valence-corrected chi connectivity index (χ4v) is 3.32. The summed E-state index contributed by atoms with van der Waals surface area (Å²) in [6, 6.07) is 7.40. The van der Waals surface area contributed by atoms with Crippen LogP contribution in [0.5, 0.6) is 5.75 Å². The molecule has 0 aliphatic carbocycles. The summed E-state index contributed by atoms with van der Waals surface area (Å²) in [6.07, 6.45) is 3.57. The number of aryl methyl sites for hydroxylation is 1. The fraction of sp³-hybridized carbons (Fsp3) is 0.316. The van der Waals surface area contributed by atoms with Crippen molar-refractivity contribution < 1.29 is 14.3 Å². The normalized spacial score (nSPS) is 17.1. The number of thiazole rings is 1. The van der Waals surface area contributed by atoms with E-state index < -0.39 is 0 Å². The van der Waals surface area contributed by atoms with Gasteiger partial charge in [0.15, 0.2) is 0 Å². The molecular weight excluding hydrogens is 350 g/mol. The Morgan fingerprint density at radius 3 is 3.04 bits per heavy atom. The monoisotopic (exact) mass is 371 g/mol. The Bertz CT molecular complexity index is 831. The molecule has 1 fully saturated rings. The minimum Gasteiger partial charge on any atom is -0.487 e. The van der Waals surface area contributed by atoms with Crippen LogP contribution in [0, 0.1) is 6.92 Å². The van der Waals surface area contributed by atoms with Crippen LogP contribution in [0.15, 0.2) is 35.7 Å². The number of amides is 2. The van der Waals surface area contributed by atoms with Crippen molar-refractivity contribution in [3.05, 3.63) is 52.0 Å². The van der Waals surface area contributed by atoms with E-state index in [0.717, 1.165) is 22.0 Å². The Morgan fingerprint density at radius 2 is 2.35 bits per heavy atom. The van der Waals surface area contributed by atoms with Gasteiger partial charge in [-0.3, -0.25) is 9.59 Å². The highest BCUT2D eigenvalue weighted by molar-refractivity contribution is 7.09. The van der Waals surface area contributed by atoms with Crippen molar-refractivity contribution in [1.29, 1.82) is 0 Å². The maximum Gasteiger partial charge on any atom is 0.244 e. The van der Waals surface area contributed by atoms with E-state index in [1.807, 2.05) is 36.6 Å². The highest BCUT2D eigenvalue weighted by Crippen LogP contribution is 2.17. The Morgan fingerprint density at radius 1 is 1.50 bits per heavy atom. The minimum atomic E-state index is -0.206. The SMILES string of the molecule is Cc1nc(COc2cccc(/C=C\C(=O)N[C@@H]3CC(=O)N(C)C3)c2)cs1. The summed E-state index contributed by atoms with van der Waals surface area (Å²) in [5.41, 5.74) is 1.77. The van der Waals surface area contributed by atoms with Gasteiger partial charge in [0.2, 0.25) is 11.8 Å². The number of likely N-dealkylation sites (N-methyl/N-ethyl adjacent to an activating group) is 1. The molecule has 0 spiro atoms. The molecule has 0 saturated carbocycles. The van der Waals surface area contributed by atoms with Gasteiger partial charge in [-0.25, -0.2) is 4.98 Å². The lowest BCUT2D eigenvalue weighted by Gasteiger charge is -2.10. The van der Waals surface area contributed by atoms with E-state index in [9.17, 15) is 9.59 Å². The molecule has 136 valence electrons. The van der Waals surface area contributed by atoms with Gasteiger partial charge in [-0.15, -0.1) is 11.3 Å². The quantitative estimate of drug-likeness (QED) is 0.792. The first-order chi connectivity index (χ1) is 12.5. The smallest absolute Gasteiger partial charge is 0.244 e. The third-order valence-electron chi connectivity index (χ3n) is 4.03. The summed E-state index contributed by atoms with van der Waals surface area (Å²) in [4.78, 5) is 29.5. The van der Waals surface area contributed by atoms with E-state index in [1.165, 1.54) is 6.08 Å². The molecule has 1 aromatic heterocycles. The number of nitrogens with one attached hydrogen (secondary N) is 1. The van der Waals surface area contributed by atoms with Crippen LogP contribution in [0.3, 0.4) is 0 Å². The lowest BCUT2D eigenvalue weighted by Crippen LogP contribution is -2.35. The van der Waals surface area contributed by atoms with Gasteiger partial charge in [0.1, 0.15) is 12.4 Å². The van der Waals surface area contributed by atoms with Gasteiger partial charge >= 0.3 is 0 Å². The summed E-state index contributed by atoms with van der Waals surface area (Å²) >= 11 is 1.60. The van der Waals surface area contributed by atoms with Crippen molar-refractivity contribution in [2.75, 3.05) is 13.6 Å². The molecule has 26 heavy (non-hydrogen) atoms. The van der Waals surface area contributed by atoms with Crippen molar-refractivity contribution in [2.24, 2.45) is 0 Å².